The summed E-state index contributed by atoms with van der Waals surface area (Å²) in [7, 11) is 0. The Morgan fingerprint density at radius 1 is 1.44 bits per heavy atom. The van der Waals surface area contributed by atoms with E-state index < -0.39 is 0 Å². The molecular formula is C15H30N2O. The molecule has 0 radical (unpaired) electrons. The molecular weight excluding hydrogens is 224 g/mol. The monoisotopic (exact) mass is 254 g/mol. The van der Waals surface area contributed by atoms with Gasteiger partial charge in [0.1, 0.15) is 0 Å². The van der Waals surface area contributed by atoms with Crippen molar-refractivity contribution in [1.82, 2.24) is 10.2 Å². The van der Waals surface area contributed by atoms with Gasteiger partial charge in [0.2, 0.25) is 0 Å². The summed E-state index contributed by atoms with van der Waals surface area (Å²) < 4.78 is 5.57. The fourth-order valence-corrected chi connectivity index (χ4v) is 3.37. The van der Waals surface area contributed by atoms with Crippen molar-refractivity contribution in [2.45, 2.75) is 64.6 Å². The van der Waals surface area contributed by atoms with Gasteiger partial charge in [-0.3, -0.25) is 4.90 Å². The minimum Gasteiger partial charge on any atom is -0.381 e. The average molecular weight is 254 g/mol. The molecule has 2 rings (SSSR count). The van der Waals surface area contributed by atoms with Crippen LogP contribution in [-0.4, -0.2) is 48.8 Å². The third-order valence-electron chi connectivity index (χ3n) is 5.19. The summed E-state index contributed by atoms with van der Waals surface area (Å²) >= 11 is 0. The van der Waals surface area contributed by atoms with Gasteiger partial charge in [-0.2, -0.15) is 0 Å². The van der Waals surface area contributed by atoms with Crippen LogP contribution in [0.15, 0.2) is 0 Å². The molecule has 0 bridgehead atoms. The van der Waals surface area contributed by atoms with E-state index in [0.29, 0.717) is 17.6 Å². The first-order valence-electron chi connectivity index (χ1n) is 7.68. The zero-order valence-corrected chi connectivity index (χ0v) is 12.5. The van der Waals surface area contributed by atoms with Crippen LogP contribution in [0.2, 0.25) is 0 Å². The largest absolute Gasteiger partial charge is 0.381 e. The standard InChI is InChI=1S/C15H30N2O/c1-5-14-9-16-15(4,6-2)11-17(14)12(3)13-7-8-18-10-13/h12-14,16H,5-11H2,1-4H3. The van der Waals surface area contributed by atoms with Crippen LogP contribution >= 0.6 is 0 Å². The number of nitrogens with zero attached hydrogens (tertiary/aromatic N) is 1. The molecule has 0 aromatic carbocycles. The fraction of sp³-hybridized carbons (Fsp3) is 1.00. The molecule has 0 saturated carbocycles. The Bertz CT molecular complexity index is 265. The molecule has 0 amide bonds. The first kappa shape index (κ1) is 14.3. The topological polar surface area (TPSA) is 24.5 Å². The van der Waals surface area contributed by atoms with Crippen molar-refractivity contribution in [2.75, 3.05) is 26.3 Å². The molecule has 18 heavy (non-hydrogen) atoms. The maximum absolute atomic E-state index is 5.57. The van der Waals surface area contributed by atoms with Crippen LogP contribution in [-0.2, 0) is 4.74 Å². The Morgan fingerprint density at radius 2 is 2.22 bits per heavy atom. The van der Waals surface area contributed by atoms with Gasteiger partial charge >= 0.3 is 0 Å². The van der Waals surface area contributed by atoms with Crippen molar-refractivity contribution in [1.29, 1.82) is 0 Å². The van der Waals surface area contributed by atoms with Crippen molar-refractivity contribution in [3.8, 4) is 0 Å². The molecule has 2 aliphatic rings. The van der Waals surface area contributed by atoms with E-state index in [2.05, 4.69) is 37.9 Å². The molecule has 3 heteroatoms. The number of hydrogen-bond donors (Lipinski definition) is 1. The van der Waals surface area contributed by atoms with E-state index in [1.165, 1.54) is 25.8 Å². The van der Waals surface area contributed by atoms with Crippen LogP contribution < -0.4 is 5.32 Å². The number of piperazine rings is 1. The molecule has 2 heterocycles. The molecule has 2 aliphatic heterocycles. The number of nitrogens with one attached hydrogen (secondary N) is 1. The van der Waals surface area contributed by atoms with Crippen molar-refractivity contribution in [3.05, 3.63) is 0 Å². The normalized spacial score (nSPS) is 40.0. The highest BCUT2D eigenvalue weighted by molar-refractivity contribution is 4.97. The quantitative estimate of drug-likeness (QED) is 0.833. The maximum atomic E-state index is 5.57. The van der Waals surface area contributed by atoms with E-state index in [-0.39, 0.29) is 0 Å². The Labute approximate surface area is 112 Å². The molecule has 0 aromatic heterocycles. The van der Waals surface area contributed by atoms with E-state index in [4.69, 9.17) is 4.74 Å². The Kier molecular flexibility index (Phi) is 4.68. The lowest BCUT2D eigenvalue weighted by Crippen LogP contribution is -2.65. The summed E-state index contributed by atoms with van der Waals surface area (Å²) in [6.45, 7) is 13.6. The summed E-state index contributed by atoms with van der Waals surface area (Å²) in [5.74, 6) is 0.734. The van der Waals surface area contributed by atoms with Gasteiger partial charge in [0.15, 0.2) is 0 Å². The number of rotatable bonds is 4. The summed E-state index contributed by atoms with van der Waals surface area (Å²) in [6, 6.07) is 1.35. The molecule has 4 unspecified atom stereocenters. The van der Waals surface area contributed by atoms with Crippen LogP contribution in [0.4, 0.5) is 0 Å². The van der Waals surface area contributed by atoms with E-state index in [0.717, 1.165) is 25.7 Å². The summed E-state index contributed by atoms with van der Waals surface area (Å²) in [4.78, 5) is 2.75. The lowest BCUT2D eigenvalue weighted by molar-refractivity contribution is 0.0247. The predicted molar refractivity (Wildman–Crippen MR) is 75.9 cm³/mol. The lowest BCUT2D eigenvalue weighted by Gasteiger charge is -2.49. The molecule has 1 N–H and O–H groups in total. The van der Waals surface area contributed by atoms with E-state index in [1.54, 1.807) is 0 Å². The summed E-state index contributed by atoms with van der Waals surface area (Å²) in [5, 5.41) is 3.75. The molecule has 3 nitrogen and oxygen atoms in total. The molecule has 106 valence electrons. The number of ether oxygens (including phenoxy) is 1. The van der Waals surface area contributed by atoms with E-state index in [1.807, 2.05) is 0 Å². The van der Waals surface area contributed by atoms with Crippen molar-refractivity contribution >= 4 is 0 Å². The van der Waals surface area contributed by atoms with Gasteiger partial charge in [-0.05, 0) is 39.0 Å². The van der Waals surface area contributed by atoms with Crippen LogP contribution in [0.1, 0.15) is 47.0 Å². The van der Waals surface area contributed by atoms with Gasteiger partial charge in [0.25, 0.3) is 0 Å². The molecule has 0 aliphatic carbocycles. The zero-order valence-electron chi connectivity index (χ0n) is 12.5. The fourth-order valence-electron chi connectivity index (χ4n) is 3.37. The van der Waals surface area contributed by atoms with Gasteiger partial charge < -0.3 is 10.1 Å². The highest BCUT2D eigenvalue weighted by Gasteiger charge is 2.38. The lowest BCUT2D eigenvalue weighted by atomic mass is 9.88. The van der Waals surface area contributed by atoms with Crippen molar-refractivity contribution in [3.63, 3.8) is 0 Å². The Hall–Kier alpha value is -0.120. The first-order chi connectivity index (χ1) is 8.59. The third kappa shape index (κ3) is 2.89. The molecule has 2 saturated heterocycles. The summed E-state index contributed by atoms with van der Waals surface area (Å²) in [5.41, 5.74) is 0.291. The average Bonchev–Trinajstić information content (AvgIpc) is 2.92. The second kappa shape index (κ2) is 5.89. The van der Waals surface area contributed by atoms with Crippen LogP contribution in [0.5, 0.6) is 0 Å². The van der Waals surface area contributed by atoms with Gasteiger partial charge in [-0.15, -0.1) is 0 Å². The molecule has 4 atom stereocenters. The van der Waals surface area contributed by atoms with Crippen LogP contribution in [0.25, 0.3) is 0 Å². The molecule has 2 fully saturated rings. The van der Waals surface area contributed by atoms with E-state index in [9.17, 15) is 0 Å². The van der Waals surface area contributed by atoms with Crippen LogP contribution in [0, 0.1) is 5.92 Å². The van der Waals surface area contributed by atoms with Crippen molar-refractivity contribution < 1.29 is 4.74 Å². The Morgan fingerprint density at radius 3 is 2.78 bits per heavy atom. The van der Waals surface area contributed by atoms with E-state index >= 15 is 0 Å². The van der Waals surface area contributed by atoms with Gasteiger partial charge in [0.05, 0.1) is 6.61 Å². The minimum absolute atomic E-state index is 0.291. The number of hydrogen-bond acceptors (Lipinski definition) is 3. The second-order valence-electron chi connectivity index (χ2n) is 6.39. The highest BCUT2D eigenvalue weighted by Crippen LogP contribution is 2.28. The van der Waals surface area contributed by atoms with Gasteiger partial charge in [-0.25, -0.2) is 0 Å². The highest BCUT2D eigenvalue weighted by atomic mass is 16.5. The van der Waals surface area contributed by atoms with Crippen molar-refractivity contribution in [2.24, 2.45) is 5.92 Å². The maximum Gasteiger partial charge on any atom is 0.0509 e. The summed E-state index contributed by atoms with van der Waals surface area (Å²) in [6.07, 6.45) is 3.68. The second-order valence-corrected chi connectivity index (χ2v) is 6.39. The Balaban J connectivity index is 2.05. The molecule has 0 spiro atoms. The predicted octanol–water partition coefficient (Wildman–Crippen LogP) is 2.26. The SMILES string of the molecule is CCC1CNC(C)(CC)CN1C(C)C1CCOC1. The zero-order chi connectivity index (χ0) is 13.2. The van der Waals surface area contributed by atoms with Crippen LogP contribution in [0.3, 0.4) is 0 Å². The molecule has 0 aromatic rings. The van der Waals surface area contributed by atoms with Gasteiger partial charge in [0, 0.05) is 37.3 Å². The third-order valence-corrected chi connectivity index (χ3v) is 5.19. The smallest absolute Gasteiger partial charge is 0.0509 e. The van der Waals surface area contributed by atoms with Gasteiger partial charge in [-0.1, -0.05) is 13.8 Å². The minimum atomic E-state index is 0.291. The first-order valence-corrected chi connectivity index (χ1v) is 7.68.